The minimum absolute atomic E-state index is 0.0581. The predicted octanol–water partition coefficient (Wildman–Crippen LogP) is 4.52. The normalized spacial score (nSPS) is 11.5. The molecular formula is C22H20N4O5S. The van der Waals surface area contributed by atoms with E-state index in [4.69, 9.17) is 4.74 Å². The van der Waals surface area contributed by atoms with Crippen LogP contribution in [0.2, 0.25) is 0 Å². The fourth-order valence-electron chi connectivity index (χ4n) is 2.67. The van der Waals surface area contributed by atoms with E-state index in [0.29, 0.717) is 11.4 Å². The molecule has 0 aliphatic rings. The van der Waals surface area contributed by atoms with Crippen molar-refractivity contribution in [3.63, 3.8) is 0 Å². The zero-order chi connectivity index (χ0) is 23.0. The van der Waals surface area contributed by atoms with Gasteiger partial charge in [-0.2, -0.15) is 5.10 Å². The number of sulfonamides is 1. The molecule has 0 atom stereocenters. The Bertz CT molecular complexity index is 1240. The molecule has 9 nitrogen and oxygen atoms in total. The van der Waals surface area contributed by atoms with Crippen molar-refractivity contribution in [3.05, 3.63) is 94.6 Å². The number of nitrogens with zero attached hydrogens (tertiary/aromatic N) is 2. The van der Waals surface area contributed by atoms with Crippen molar-refractivity contribution < 1.29 is 18.1 Å². The quantitative estimate of drug-likeness (QED) is 0.280. The summed E-state index contributed by atoms with van der Waals surface area (Å²) >= 11 is 0. The Morgan fingerprint density at radius 2 is 1.75 bits per heavy atom. The first kappa shape index (κ1) is 22.5. The maximum absolute atomic E-state index is 12.7. The molecule has 0 bridgehead atoms. The summed E-state index contributed by atoms with van der Waals surface area (Å²) in [6.45, 7) is 0. The summed E-state index contributed by atoms with van der Waals surface area (Å²) in [5, 5.41) is 15.4. The third-order valence-electron chi connectivity index (χ3n) is 4.25. The van der Waals surface area contributed by atoms with Crippen LogP contribution in [-0.4, -0.2) is 26.7 Å². The number of nitro groups is 1. The Hall–Kier alpha value is -4.18. The molecule has 0 radical (unpaired) electrons. The van der Waals surface area contributed by atoms with Crippen LogP contribution >= 0.6 is 0 Å². The number of anilines is 2. The minimum atomic E-state index is -4.04. The van der Waals surface area contributed by atoms with Crippen molar-refractivity contribution in [1.82, 2.24) is 0 Å². The molecule has 0 saturated heterocycles. The second kappa shape index (κ2) is 10.2. The average Bonchev–Trinajstić information content (AvgIpc) is 2.79. The molecule has 0 aliphatic heterocycles. The van der Waals surface area contributed by atoms with Gasteiger partial charge in [0.15, 0.2) is 0 Å². The van der Waals surface area contributed by atoms with E-state index in [0.717, 1.165) is 11.6 Å². The second-order valence-electron chi connectivity index (χ2n) is 6.43. The topological polar surface area (TPSA) is 123 Å². The van der Waals surface area contributed by atoms with Gasteiger partial charge in [0.05, 0.1) is 16.9 Å². The van der Waals surface area contributed by atoms with Crippen LogP contribution in [0, 0.1) is 10.1 Å². The molecule has 10 heteroatoms. The Labute approximate surface area is 185 Å². The van der Waals surface area contributed by atoms with E-state index in [9.17, 15) is 18.5 Å². The van der Waals surface area contributed by atoms with Gasteiger partial charge in [0, 0.05) is 18.0 Å². The molecule has 3 aromatic rings. The molecule has 0 aromatic heterocycles. The van der Waals surface area contributed by atoms with Crippen molar-refractivity contribution in [2.45, 2.75) is 4.90 Å². The van der Waals surface area contributed by atoms with E-state index in [2.05, 4.69) is 15.2 Å². The van der Waals surface area contributed by atoms with Gasteiger partial charge in [0.2, 0.25) is 0 Å². The summed E-state index contributed by atoms with van der Waals surface area (Å²) in [5.41, 5.74) is 3.48. The van der Waals surface area contributed by atoms with Crippen LogP contribution < -0.4 is 14.9 Å². The summed E-state index contributed by atoms with van der Waals surface area (Å²) in [6.07, 6.45) is 4.93. The predicted molar refractivity (Wildman–Crippen MR) is 124 cm³/mol. The first-order chi connectivity index (χ1) is 15.4. The third-order valence-corrected chi connectivity index (χ3v) is 5.63. The van der Waals surface area contributed by atoms with Gasteiger partial charge in [-0.3, -0.25) is 20.3 Å². The molecule has 0 unspecified atom stereocenters. The van der Waals surface area contributed by atoms with E-state index in [1.54, 1.807) is 18.2 Å². The van der Waals surface area contributed by atoms with Crippen LogP contribution in [0.15, 0.2) is 88.9 Å². The van der Waals surface area contributed by atoms with Crippen molar-refractivity contribution in [2.75, 3.05) is 17.3 Å². The van der Waals surface area contributed by atoms with Crippen LogP contribution in [0.4, 0.5) is 17.1 Å². The molecule has 3 aromatic carbocycles. The summed E-state index contributed by atoms with van der Waals surface area (Å²) in [6, 6.07) is 19.3. The molecule has 0 amide bonds. The molecule has 3 rings (SSSR count). The number of nitrogens with one attached hydrogen (secondary N) is 2. The third kappa shape index (κ3) is 5.92. The molecule has 32 heavy (non-hydrogen) atoms. The Kier molecular flexibility index (Phi) is 7.19. The molecule has 2 N–H and O–H groups in total. The van der Waals surface area contributed by atoms with Crippen molar-refractivity contribution >= 4 is 39.4 Å². The second-order valence-corrected chi connectivity index (χ2v) is 8.11. The molecule has 0 saturated carbocycles. The van der Waals surface area contributed by atoms with Gasteiger partial charge < -0.3 is 4.74 Å². The standard InChI is InChI=1S/C22H20N4O5S/c1-31-19-11-9-18(10-12-19)25-32(29,30)20-13-14-21(22(16-20)26(27)28)24-23-15-5-8-17-6-3-2-4-7-17/h2-16,24-25H,1H3/b8-5+,23-15+. The van der Waals surface area contributed by atoms with E-state index < -0.39 is 20.6 Å². The van der Waals surface area contributed by atoms with Crippen LogP contribution in [0.1, 0.15) is 5.56 Å². The zero-order valence-corrected chi connectivity index (χ0v) is 17.8. The van der Waals surface area contributed by atoms with Crippen molar-refractivity contribution in [1.29, 1.82) is 0 Å². The number of methoxy groups -OCH3 is 1. The van der Waals surface area contributed by atoms with Gasteiger partial charge in [0.25, 0.3) is 15.7 Å². The fraction of sp³-hybridized carbons (Fsp3) is 0.0455. The molecule has 0 fully saturated rings. The SMILES string of the molecule is COc1ccc(NS(=O)(=O)c2ccc(N/N=C/C=C/c3ccccc3)c([N+](=O)[O-])c2)cc1. The van der Waals surface area contributed by atoms with Crippen molar-refractivity contribution in [3.8, 4) is 5.75 Å². The highest BCUT2D eigenvalue weighted by Crippen LogP contribution is 2.29. The summed E-state index contributed by atoms with van der Waals surface area (Å²) < 4.78 is 32.7. The van der Waals surface area contributed by atoms with Gasteiger partial charge in [-0.05, 0) is 48.0 Å². The van der Waals surface area contributed by atoms with E-state index in [-0.39, 0.29) is 10.6 Å². The van der Waals surface area contributed by atoms with E-state index in [1.165, 1.54) is 37.6 Å². The van der Waals surface area contributed by atoms with Gasteiger partial charge in [-0.25, -0.2) is 8.42 Å². The van der Waals surface area contributed by atoms with Gasteiger partial charge >= 0.3 is 0 Å². The Morgan fingerprint density at radius 3 is 2.41 bits per heavy atom. The Morgan fingerprint density at radius 1 is 1.03 bits per heavy atom. The number of hydrogen-bond donors (Lipinski definition) is 2. The highest BCUT2D eigenvalue weighted by Gasteiger charge is 2.21. The highest BCUT2D eigenvalue weighted by molar-refractivity contribution is 7.92. The van der Waals surface area contributed by atoms with Crippen LogP contribution in [0.3, 0.4) is 0 Å². The maximum atomic E-state index is 12.7. The van der Waals surface area contributed by atoms with Gasteiger partial charge in [0.1, 0.15) is 11.4 Å². The Balaban J connectivity index is 1.75. The molecule has 0 aliphatic carbocycles. The number of hydrazone groups is 1. The molecular weight excluding hydrogens is 432 g/mol. The highest BCUT2D eigenvalue weighted by atomic mass is 32.2. The average molecular weight is 452 g/mol. The first-order valence-electron chi connectivity index (χ1n) is 9.35. The number of benzene rings is 3. The lowest BCUT2D eigenvalue weighted by Crippen LogP contribution is -2.13. The molecule has 164 valence electrons. The number of hydrogen-bond acceptors (Lipinski definition) is 7. The summed E-state index contributed by atoms with van der Waals surface area (Å²) in [7, 11) is -2.54. The number of allylic oxidation sites excluding steroid dienone is 1. The lowest BCUT2D eigenvalue weighted by atomic mass is 10.2. The van der Waals surface area contributed by atoms with E-state index >= 15 is 0 Å². The number of rotatable bonds is 9. The lowest BCUT2D eigenvalue weighted by Gasteiger charge is -2.10. The smallest absolute Gasteiger partial charge is 0.295 e. The monoisotopic (exact) mass is 452 g/mol. The molecule has 0 spiro atoms. The number of ether oxygens (including phenoxy) is 1. The summed E-state index contributed by atoms with van der Waals surface area (Å²) in [5.74, 6) is 0.568. The first-order valence-corrected chi connectivity index (χ1v) is 10.8. The van der Waals surface area contributed by atoms with Crippen LogP contribution in [0.25, 0.3) is 6.08 Å². The fourth-order valence-corrected chi connectivity index (χ4v) is 3.74. The number of nitro benzene ring substituents is 1. The summed E-state index contributed by atoms with van der Waals surface area (Å²) in [4.78, 5) is 10.5. The van der Waals surface area contributed by atoms with Crippen molar-refractivity contribution in [2.24, 2.45) is 5.10 Å². The minimum Gasteiger partial charge on any atom is -0.497 e. The molecule has 0 heterocycles. The largest absolute Gasteiger partial charge is 0.497 e. The zero-order valence-electron chi connectivity index (χ0n) is 17.0. The van der Waals surface area contributed by atoms with Gasteiger partial charge in [-0.1, -0.05) is 36.4 Å². The van der Waals surface area contributed by atoms with E-state index in [1.807, 2.05) is 36.4 Å². The lowest BCUT2D eigenvalue weighted by molar-refractivity contribution is -0.384. The van der Waals surface area contributed by atoms with Crippen LogP contribution in [-0.2, 0) is 10.0 Å². The van der Waals surface area contributed by atoms with Crippen LogP contribution in [0.5, 0.6) is 5.75 Å². The maximum Gasteiger partial charge on any atom is 0.295 e. The van der Waals surface area contributed by atoms with Gasteiger partial charge in [-0.15, -0.1) is 0 Å².